The van der Waals surface area contributed by atoms with E-state index in [1.54, 1.807) is 0 Å². The highest BCUT2D eigenvalue weighted by atomic mass is 16.5. The van der Waals surface area contributed by atoms with Crippen molar-refractivity contribution in [3.05, 3.63) is 47.9 Å². The molecule has 0 spiro atoms. The van der Waals surface area contributed by atoms with Crippen LogP contribution in [0.4, 0.5) is 5.82 Å². The second-order valence-electron chi connectivity index (χ2n) is 6.59. The van der Waals surface area contributed by atoms with Crippen LogP contribution in [0.2, 0.25) is 0 Å². The summed E-state index contributed by atoms with van der Waals surface area (Å²) in [5, 5.41) is 3.87. The van der Waals surface area contributed by atoms with E-state index < -0.39 is 0 Å². The highest BCUT2D eigenvalue weighted by Gasteiger charge is 2.15. The number of benzene rings is 1. The van der Waals surface area contributed by atoms with Gasteiger partial charge in [-0.1, -0.05) is 18.2 Å². The number of ether oxygens (including phenoxy) is 2. The predicted octanol–water partition coefficient (Wildman–Crippen LogP) is 1.91. The summed E-state index contributed by atoms with van der Waals surface area (Å²) < 4.78 is 11.1. The second-order valence-corrected chi connectivity index (χ2v) is 6.59. The third kappa shape index (κ3) is 4.23. The molecule has 2 aromatic heterocycles. The number of aryl methyl sites for hydroxylation is 1. The maximum absolute atomic E-state index is 12.3. The van der Waals surface area contributed by atoms with Crippen molar-refractivity contribution in [1.29, 1.82) is 0 Å². The summed E-state index contributed by atoms with van der Waals surface area (Å²) in [7, 11) is 0. The van der Waals surface area contributed by atoms with Gasteiger partial charge >= 0.3 is 0 Å². The monoisotopic (exact) mass is 381 g/mol. The zero-order valence-corrected chi connectivity index (χ0v) is 15.8. The predicted molar refractivity (Wildman–Crippen MR) is 106 cm³/mol. The van der Waals surface area contributed by atoms with Crippen molar-refractivity contribution in [3.63, 3.8) is 0 Å². The molecule has 28 heavy (non-hydrogen) atoms. The normalized spacial score (nSPS) is 14.2. The highest BCUT2D eigenvalue weighted by molar-refractivity contribution is 5.97. The fourth-order valence-corrected chi connectivity index (χ4v) is 3.16. The maximum atomic E-state index is 12.3. The lowest BCUT2D eigenvalue weighted by molar-refractivity contribution is 0.0942. The summed E-state index contributed by atoms with van der Waals surface area (Å²) >= 11 is 0. The van der Waals surface area contributed by atoms with E-state index in [1.165, 1.54) is 0 Å². The van der Waals surface area contributed by atoms with Gasteiger partial charge in [0.15, 0.2) is 0 Å². The number of morpholine rings is 1. The van der Waals surface area contributed by atoms with Crippen LogP contribution in [-0.4, -0.2) is 60.3 Å². The van der Waals surface area contributed by atoms with Crippen LogP contribution in [0.3, 0.4) is 0 Å². The van der Waals surface area contributed by atoms with Crippen LogP contribution in [-0.2, 0) is 4.74 Å². The minimum atomic E-state index is -0.160. The van der Waals surface area contributed by atoms with E-state index in [0.29, 0.717) is 43.8 Å². The van der Waals surface area contributed by atoms with Gasteiger partial charge in [0.25, 0.3) is 5.91 Å². The number of rotatable bonds is 6. The van der Waals surface area contributed by atoms with Crippen molar-refractivity contribution in [3.8, 4) is 5.88 Å². The molecule has 0 aliphatic carbocycles. The molecular formula is C20H23N5O3. The molecule has 4 rings (SSSR count). The largest absolute Gasteiger partial charge is 0.476 e. The second kappa shape index (κ2) is 8.26. The lowest BCUT2D eigenvalue weighted by Gasteiger charge is -2.28. The number of aromatic amines is 1. The molecule has 3 aromatic rings. The molecule has 0 bridgehead atoms. The smallest absolute Gasteiger partial charge is 0.267 e. The van der Waals surface area contributed by atoms with Gasteiger partial charge in [-0.25, -0.2) is 4.98 Å². The summed E-state index contributed by atoms with van der Waals surface area (Å²) in [5.41, 5.74) is 1.48. The van der Waals surface area contributed by atoms with Crippen molar-refractivity contribution < 1.29 is 14.3 Å². The first-order valence-electron chi connectivity index (χ1n) is 9.36. The summed E-state index contributed by atoms with van der Waals surface area (Å²) in [5.74, 6) is 1.84. The molecule has 0 radical (unpaired) electrons. The van der Waals surface area contributed by atoms with Crippen LogP contribution in [0.1, 0.15) is 16.3 Å². The van der Waals surface area contributed by atoms with E-state index in [9.17, 15) is 4.79 Å². The average Bonchev–Trinajstić information content (AvgIpc) is 3.16. The van der Waals surface area contributed by atoms with E-state index in [2.05, 4.69) is 25.2 Å². The van der Waals surface area contributed by atoms with Crippen LogP contribution >= 0.6 is 0 Å². The first kappa shape index (κ1) is 18.2. The van der Waals surface area contributed by atoms with E-state index in [-0.39, 0.29) is 5.91 Å². The van der Waals surface area contributed by atoms with Crippen LogP contribution in [0.15, 0.2) is 36.4 Å². The molecule has 2 N–H and O–H groups in total. The lowest BCUT2D eigenvalue weighted by Crippen LogP contribution is -2.37. The van der Waals surface area contributed by atoms with Gasteiger partial charge in [0.1, 0.15) is 23.9 Å². The molecule has 8 nitrogen and oxygen atoms in total. The Morgan fingerprint density at radius 1 is 1.25 bits per heavy atom. The number of carbonyl (C=O) groups is 1. The van der Waals surface area contributed by atoms with E-state index in [4.69, 9.17) is 9.47 Å². The Labute approximate surface area is 162 Å². The third-order valence-corrected chi connectivity index (χ3v) is 4.55. The molecule has 0 unspecified atom stereocenters. The summed E-state index contributed by atoms with van der Waals surface area (Å²) in [6, 6.07) is 11.5. The highest BCUT2D eigenvalue weighted by Crippen LogP contribution is 2.18. The zero-order chi connectivity index (χ0) is 19.3. The molecule has 1 fully saturated rings. The Morgan fingerprint density at radius 2 is 2.07 bits per heavy atom. The van der Waals surface area contributed by atoms with Crippen LogP contribution < -0.4 is 15.0 Å². The molecule has 1 amide bonds. The number of aromatic nitrogens is 3. The number of amides is 1. The SMILES string of the molecule is Cc1nc(OCCNC(=O)c2cc3ccccc3[nH]2)cc(N2CCOCC2)n1. The number of carbonyl (C=O) groups excluding carboxylic acids is 1. The Hall–Kier alpha value is -3.13. The number of nitrogens with one attached hydrogen (secondary N) is 2. The number of nitrogens with zero attached hydrogens (tertiary/aromatic N) is 3. The Kier molecular flexibility index (Phi) is 5.38. The molecule has 1 saturated heterocycles. The van der Waals surface area contributed by atoms with Gasteiger partial charge in [0.2, 0.25) is 5.88 Å². The first-order valence-corrected chi connectivity index (χ1v) is 9.36. The fraction of sp³-hybridized carbons (Fsp3) is 0.350. The van der Waals surface area contributed by atoms with Crippen LogP contribution in [0.25, 0.3) is 10.9 Å². The van der Waals surface area contributed by atoms with Crippen LogP contribution in [0.5, 0.6) is 5.88 Å². The standard InChI is InChI=1S/C20H23N5O3/c1-14-22-18(25-7-10-27-11-8-25)13-19(23-14)28-9-6-21-20(26)17-12-15-4-2-3-5-16(15)24-17/h2-5,12-13,24H,6-11H2,1H3,(H,21,26). The van der Waals surface area contributed by atoms with Gasteiger partial charge in [-0.15, -0.1) is 0 Å². The third-order valence-electron chi connectivity index (χ3n) is 4.55. The van der Waals surface area contributed by atoms with E-state index >= 15 is 0 Å². The van der Waals surface area contributed by atoms with Crippen molar-refractivity contribution in [2.24, 2.45) is 0 Å². The number of hydrogen-bond donors (Lipinski definition) is 2. The Morgan fingerprint density at radius 3 is 2.89 bits per heavy atom. The minimum absolute atomic E-state index is 0.160. The molecule has 1 aliphatic heterocycles. The molecule has 0 atom stereocenters. The molecule has 0 saturated carbocycles. The van der Waals surface area contributed by atoms with Gasteiger partial charge in [-0.05, 0) is 19.1 Å². The Balaban J connectivity index is 1.31. The topological polar surface area (TPSA) is 92.4 Å². The van der Waals surface area contributed by atoms with Gasteiger partial charge in [0, 0.05) is 30.1 Å². The first-order chi connectivity index (χ1) is 13.7. The molecule has 1 aromatic carbocycles. The molecule has 8 heteroatoms. The Bertz CT molecular complexity index is 932. The minimum Gasteiger partial charge on any atom is -0.476 e. The van der Waals surface area contributed by atoms with Gasteiger partial charge in [-0.2, -0.15) is 4.98 Å². The van der Waals surface area contributed by atoms with Gasteiger partial charge < -0.3 is 24.7 Å². The average molecular weight is 381 g/mol. The lowest BCUT2D eigenvalue weighted by atomic mass is 10.2. The van der Waals surface area contributed by atoms with E-state index in [1.807, 2.05) is 43.3 Å². The summed E-state index contributed by atoms with van der Waals surface area (Å²) in [6.45, 7) is 5.54. The van der Waals surface area contributed by atoms with Gasteiger partial charge in [-0.3, -0.25) is 4.79 Å². The summed E-state index contributed by atoms with van der Waals surface area (Å²) in [6.07, 6.45) is 0. The van der Waals surface area contributed by atoms with Crippen molar-refractivity contribution in [1.82, 2.24) is 20.3 Å². The number of H-pyrrole nitrogens is 1. The molecule has 146 valence electrons. The molecular weight excluding hydrogens is 358 g/mol. The van der Waals surface area contributed by atoms with Crippen LogP contribution in [0, 0.1) is 6.92 Å². The van der Waals surface area contributed by atoms with Crippen molar-refractivity contribution >= 4 is 22.6 Å². The molecule has 1 aliphatic rings. The maximum Gasteiger partial charge on any atom is 0.267 e. The summed E-state index contributed by atoms with van der Waals surface area (Å²) in [4.78, 5) is 26.4. The quantitative estimate of drug-likeness (QED) is 0.634. The fourth-order valence-electron chi connectivity index (χ4n) is 3.16. The number of hydrogen-bond acceptors (Lipinski definition) is 6. The zero-order valence-electron chi connectivity index (χ0n) is 15.8. The molecule has 3 heterocycles. The van der Waals surface area contributed by atoms with Crippen molar-refractivity contribution in [2.45, 2.75) is 6.92 Å². The van der Waals surface area contributed by atoms with Crippen molar-refractivity contribution in [2.75, 3.05) is 44.4 Å². The van der Waals surface area contributed by atoms with Gasteiger partial charge in [0.05, 0.1) is 19.8 Å². The number of para-hydroxylation sites is 1. The number of anilines is 1. The van der Waals surface area contributed by atoms with E-state index in [0.717, 1.165) is 29.8 Å². The number of fused-ring (bicyclic) bond motifs is 1.